The molecule has 1 rings (SSSR count). The van der Waals surface area contributed by atoms with Gasteiger partial charge in [0, 0.05) is 13.1 Å². The summed E-state index contributed by atoms with van der Waals surface area (Å²) in [5, 5.41) is 3.11. The zero-order valence-electron chi connectivity index (χ0n) is 13.0. The number of carbonyl (C=O) groups excluding carboxylic acids is 1. The Morgan fingerprint density at radius 2 is 1.91 bits per heavy atom. The third-order valence-corrected chi connectivity index (χ3v) is 4.52. The highest BCUT2D eigenvalue weighted by Gasteiger charge is 2.18. The van der Waals surface area contributed by atoms with E-state index in [9.17, 15) is 13.2 Å². The van der Waals surface area contributed by atoms with E-state index in [1.54, 1.807) is 19.1 Å². The van der Waals surface area contributed by atoms with Gasteiger partial charge in [-0.2, -0.15) is 0 Å². The lowest BCUT2D eigenvalue weighted by molar-refractivity contribution is 0.0600. The first-order valence-electron chi connectivity index (χ1n) is 6.81. The highest BCUT2D eigenvalue weighted by atomic mass is 35.5. The fourth-order valence-corrected chi connectivity index (χ4v) is 3.09. The second-order valence-electron chi connectivity index (χ2n) is 4.62. The molecule has 0 heterocycles. The second kappa shape index (κ2) is 9.78. The number of esters is 1. The summed E-state index contributed by atoms with van der Waals surface area (Å²) in [5.74, 6) is -0.559. The van der Waals surface area contributed by atoms with Crippen molar-refractivity contribution in [2.75, 3.05) is 26.7 Å². The van der Waals surface area contributed by atoms with Crippen molar-refractivity contribution in [2.24, 2.45) is 0 Å². The lowest BCUT2D eigenvalue weighted by Crippen LogP contribution is -2.32. The summed E-state index contributed by atoms with van der Waals surface area (Å²) in [7, 11) is -2.38. The van der Waals surface area contributed by atoms with Gasteiger partial charge < -0.3 is 10.1 Å². The number of carbonyl (C=O) groups is 1. The summed E-state index contributed by atoms with van der Waals surface area (Å²) in [6.45, 7) is 5.43. The molecular formula is C14H23ClN2O4S. The number of nitrogens with one attached hydrogen (secondary N) is 2. The summed E-state index contributed by atoms with van der Waals surface area (Å²) in [4.78, 5) is 11.6. The minimum atomic E-state index is -3.64. The standard InChI is InChI=1S/C14H22N2O4S.ClH/c1-4-7-15-8-9-16-21(18,19)13-10-12(14(17)20-3)6-5-11(13)2;/h5-6,10,15-16H,4,7-9H2,1-3H3;1H. The van der Waals surface area contributed by atoms with Crippen molar-refractivity contribution in [3.8, 4) is 0 Å². The van der Waals surface area contributed by atoms with E-state index in [4.69, 9.17) is 0 Å². The van der Waals surface area contributed by atoms with Gasteiger partial charge in [-0.1, -0.05) is 13.0 Å². The van der Waals surface area contributed by atoms with Gasteiger partial charge in [0.05, 0.1) is 17.6 Å². The zero-order chi connectivity index (χ0) is 15.9. The van der Waals surface area contributed by atoms with Gasteiger partial charge in [0.2, 0.25) is 10.0 Å². The van der Waals surface area contributed by atoms with E-state index in [2.05, 4.69) is 14.8 Å². The van der Waals surface area contributed by atoms with E-state index in [0.717, 1.165) is 13.0 Å². The second-order valence-corrected chi connectivity index (χ2v) is 6.36. The van der Waals surface area contributed by atoms with Crippen LogP contribution in [0.2, 0.25) is 0 Å². The molecule has 22 heavy (non-hydrogen) atoms. The normalized spacial score (nSPS) is 10.9. The van der Waals surface area contributed by atoms with E-state index in [1.807, 2.05) is 6.92 Å². The van der Waals surface area contributed by atoms with Gasteiger partial charge in [0.1, 0.15) is 0 Å². The topological polar surface area (TPSA) is 84.5 Å². The van der Waals surface area contributed by atoms with Crippen LogP contribution in [-0.4, -0.2) is 41.1 Å². The smallest absolute Gasteiger partial charge is 0.337 e. The summed E-state index contributed by atoms with van der Waals surface area (Å²) < 4.78 is 31.6. The van der Waals surface area contributed by atoms with Gasteiger partial charge in [-0.25, -0.2) is 17.9 Å². The molecule has 0 spiro atoms. The molecule has 0 unspecified atom stereocenters. The minimum absolute atomic E-state index is 0. The van der Waals surface area contributed by atoms with Crippen LogP contribution in [0.25, 0.3) is 0 Å². The van der Waals surface area contributed by atoms with Crippen LogP contribution in [0.3, 0.4) is 0 Å². The first-order valence-corrected chi connectivity index (χ1v) is 8.30. The Morgan fingerprint density at radius 3 is 2.50 bits per heavy atom. The molecule has 0 radical (unpaired) electrons. The molecule has 0 saturated carbocycles. The number of hydrogen-bond acceptors (Lipinski definition) is 5. The van der Waals surface area contributed by atoms with Crippen LogP contribution in [0.5, 0.6) is 0 Å². The summed E-state index contributed by atoms with van der Waals surface area (Å²) in [5.41, 5.74) is 0.796. The van der Waals surface area contributed by atoms with Crippen molar-refractivity contribution in [3.63, 3.8) is 0 Å². The van der Waals surface area contributed by atoms with Crippen LogP contribution < -0.4 is 10.0 Å². The van der Waals surface area contributed by atoms with Crippen molar-refractivity contribution >= 4 is 28.4 Å². The number of benzene rings is 1. The average Bonchev–Trinajstić information content (AvgIpc) is 2.46. The molecular weight excluding hydrogens is 328 g/mol. The summed E-state index contributed by atoms with van der Waals surface area (Å²) in [6.07, 6.45) is 0.993. The Kier molecular flexibility index (Phi) is 9.27. The summed E-state index contributed by atoms with van der Waals surface area (Å²) in [6, 6.07) is 4.47. The van der Waals surface area contributed by atoms with E-state index >= 15 is 0 Å². The molecule has 0 saturated heterocycles. The lowest BCUT2D eigenvalue weighted by Gasteiger charge is -2.11. The van der Waals surface area contributed by atoms with Crippen LogP contribution in [0.15, 0.2) is 23.1 Å². The van der Waals surface area contributed by atoms with Crippen molar-refractivity contribution in [2.45, 2.75) is 25.2 Å². The minimum Gasteiger partial charge on any atom is -0.465 e. The molecule has 0 aliphatic carbocycles. The van der Waals surface area contributed by atoms with Crippen molar-refractivity contribution in [3.05, 3.63) is 29.3 Å². The number of rotatable bonds is 8. The maximum absolute atomic E-state index is 12.3. The molecule has 0 amide bonds. The molecule has 0 aromatic heterocycles. The largest absolute Gasteiger partial charge is 0.465 e. The first kappa shape index (κ1) is 20.9. The Hall–Kier alpha value is -1.15. The summed E-state index contributed by atoms with van der Waals surface area (Å²) >= 11 is 0. The number of ether oxygens (including phenoxy) is 1. The van der Waals surface area contributed by atoms with Crippen molar-refractivity contribution < 1.29 is 17.9 Å². The highest BCUT2D eigenvalue weighted by Crippen LogP contribution is 2.17. The quantitative estimate of drug-likeness (QED) is 0.548. The van der Waals surface area contributed by atoms with Crippen molar-refractivity contribution in [1.29, 1.82) is 0 Å². The number of methoxy groups -OCH3 is 1. The number of halogens is 1. The van der Waals surface area contributed by atoms with Crippen LogP contribution in [0.1, 0.15) is 29.3 Å². The predicted octanol–water partition coefficient (Wildman–Crippen LogP) is 1.48. The monoisotopic (exact) mass is 350 g/mol. The van der Waals surface area contributed by atoms with Crippen LogP contribution >= 0.6 is 12.4 Å². The Bertz CT molecular complexity index is 591. The molecule has 0 aliphatic heterocycles. The highest BCUT2D eigenvalue weighted by molar-refractivity contribution is 7.89. The van der Waals surface area contributed by atoms with Gasteiger partial charge in [0.25, 0.3) is 0 Å². The fourth-order valence-electron chi connectivity index (χ4n) is 1.79. The molecule has 8 heteroatoms. The third-order valence-electron chi connectivity index (χ3n) is 2.92. The maximum atomic E-state index is 12.3. The Morgan fingerprint density at radius 1 is 1.23 bits per heavy atom. The Balaban J connectivity index is 0.00000441. The van der Waals surface area contributed by atoms with Gasteiger partial charge in [-0.05, 0) is 37.6 Å². The first-order chi connectivity index (χ1) is 9.92. The molecule has 2 N–H and O–H groups in total. The number of hydrogen-bond donors (Lipinski definition) is 2. The van der Waals surface area contributed by atoms with Gasteiger partial charge >= 0.3 is 5.97 Å². The zero-order valence-corrected chi connectivity index (χ0v) is 14.6. The van der Waals surface area contributed by atoms with E-state index in [0.29, 0.717) is 18.7 Å². The van der Waals surface area contributed by atoms with Gasteiger partial charge in [0.15, 0.2) is 0 Å². The van der Waals surface area contributed by atoms with Gasteiger partial charge in [-0.3, -0.25) is 0 Å². The van der Waals surface area contributed by atoms with E-state index in [1.165, 1.54) is 13.2 Å². The number of sulfonamides is 1. The molecule has 0 atom stereocenters. The van der Waals surface area contributed by atoms with Crippen molar-refractivity contribution in [1.82, 2.24) is 10.0 Å². The van der Waals surface area contributed by atoms with Crippen LogP contribution in [-0.2, 0) is 14.8 Å². The Labute approximate surface area is 138 Å². The third kappa shape index (κ3) is 5.92. The molecule has 0 fully saturated rings. The van der Waals surface area contributed by atoms with Crippen LogP contribution in [0, 0.1) is 6.92 Å². The maximum Gasteiger partial charge on any atom is 0.337 e. The predicted molar refractivity (Wildman–Crippen MR) is 88.1 cm³/mol. The lowest BCUT2D eigenvalue weighted by atomic mass is 10.1. The molecule has 126 valence electrons. The molecule has 0 aliphatic rings. The number of aryl methyl sites for hydroxylation is 1. The SMILES string of the molecule is CCCNCCNS(=O)(=O)c1cc(C(=O)OC)ccc1C.Cl. The molecule has 1 aromatic rings. The fraction of sp³-hybridized carbons (Fsp3) is 0.500. The van der Waals surface area contributed by atoms with Crippen LogP contribution in [0.4, 0.5) is 0 Å². The van der Waals surface area contributed by atoms with Gasteiger partial charge in [-0.15, -0.1) is 12.4 Å². The molecule has 6 nitrogen and oxygen atoms in total. The van der Waals surface area contributed by atoms with E-state index in [-0.39, 0.29) is 22.9 Å². The molecule has 1 aromatic carbocycles. The molecule has 0 bridgehead atoms. The average molecular weight is 351 g/mol. The van der Waals surface area contributed by atoms with E-state index < -0.39 is 16.0 Å².